The molecule has 0 aliphatic carbocycles. The zero-order chi connectivity index (χ0) is 14.3. The van der Waals surface area contributed by atoms with Crippen molar-refractivity contribution in [1.82, 2.24) is 9.80 Å². The summed E-state index contributed by atoms with van der Waals surface area (Å²) in [6, 6.07) is 0.234. The number of alkyl halides is 2. The van der Waals surface area contributed by atoms with Crippen LogP contribution in [0.15, 0.2) is 0 Å². The van der Waals surface area contributed by atoms with E-state index in [0.717, 1.165) is 0 Å². The molecule has 2 N–H and O–H groups in total. The topological polar surface area (TPSA) is 46.9 Å². The molecule has 0 bridgehead atoms. The lowest BCUT2D eigenvalue weighted by Crippen LogP contribution is -2.50. The fraction of sp³-hybridized carbons (Fsp3) is 1.00. The standard InChI is InChI=1S/C12H26Cl2N2O2/c1-15(2)11(5-9(17)7-13)12(16(3)4)6-10(18)8-14/h9-12,17-18H,5-8H2,1-4H3. The number of halogens is 2. The number of likely N-dealkylation sites (N-methyl/N-ethyl adjacent to an activating group) is 2. The lowest BCUT2D eigenvalue weighted by Gasteiger charge is -2.38. The molecule has 0 radical (unpaired) electrons. The summed E-state index contributed by atoms with van der Waals surface area (Å²) in [7, 11) is 7.87. The molecule has 0 aliphatic rings. The van der Waals surface area contributed by atoms with Crippen LogP contribution in [0.1, 0.15) is 12.8 Å². The molecule has 0 aliphatic heterocycles. The van der Waals surface area contributed by atoms with Gasteiger partial charge in [0.1, 0.15) is 0 Å². The molecule has 0 saturated heterocycles. The van der Waals surface area contributed by atoms with E-state index in [-0.39, 0.29) is 23.8 Å². The average molecular weight is 301 g/mol. The molecular formula is C12H26Cl2N2O2. The van der Waals surface area contributed by atoms with Crippen LogP contribution < -0.4 is 0 Å². The van der Waals surface area contributed by atoms with Crippen molar-refractivity contribution in [2.45, 2.75) is 37.1 Å². The first-order valence-corrected chi connectivity index (χ1v) is 7.21. The Kier molecular flexibility index (Phi) is 9.56. The van der Waals surface area contributed by atoms with Crippen LogP contribution in [0.3, 0.4) is 0 Å². The molecule has 0 aromatic carbocycles. The number of aliphatic hydroxyl groups excluding tert-OH is 2. The SMILES string of the molecule is CN(C)C(CC(O)CCl)C(CC(O)CCl)N(C)C. The quantitative estimate of drug-likeness (QED) is 0.619. The molecule has 4 nitrogen and oxygen atoms in total. The second kappa shape index (κ2) is 9.34. The lowest BCUT2D eigenvalue weighted by atomic mass is 9.95. The van der Waals surface area contributed by atoms with Gasteiger partial charge in [-0.25, -0.2) is 0 Å². The zero-order valence-electron chi connectivity index (χ0n) is 11.7. The Hall–Kier alpha value is 0.420. The second-order valence-corrected chi connectivity index (χ2v) is 5.77. The molecule has 110 valence electrons. The minimum absolute atomic E-state index is 0.117. The van der Waals surface area contributed by atoms with Gasteiger partial charge in [0.05, 0.1) is 12.2 Å². The molecular weight excluding hydrogens is 275 g/mol. The number of hydrogen-bond acceptors (Lipinski definition) is 4. The van der Waals surface area contributed by atoms with E-state index in [1.54, 1.807) is 0 Å². The van der Waals surface area contributed by atoms with E-state index in [9.17, 15) is 10.2 Å². The highest BCUT2D eigenvalue weighted by molar-refractivity contribution is 6.18. The molecule has 0 aromatic heterocycles. The number of rotatable bonds is 9. The summed E-state index contributed by atoms with van der Waals surface area (Å²) in [6.45, 7) is 0. The maximum atomic E-state index is 9.73. The Morgan fingerprint density at radius 2 is 1.06 bits per heavy atom. The Balaban J connectivity index is 4.76. The number of hydrogen-bond donors (Lipinski definition) is 2. The number of nitrogens with zero attached hydrogens (tertiary/aromatic N) is 2. The Labute approximate surface area is 120 Å². The summed E-state index contributed by atoms with van der Waals surface area (Å²) in [6.07, 6.45) is 0.0900. The Morgan fingerprint density at radius 3 is 1.22 bits per heavy atom. The van der Waals surface area contributed by atoms with Crippen molar-refractivity contribution in [3.8, 4) is 0 Å². The van der Waals surface area contributed by atoms with Crippen molar-refractivity contribution in [3.63, 3.8) is 0 Å². The highest BCUT2D eigenvalue weighted by atomic mass is 35.5. The fourth-order valence-corrected chi connectivity index (χ4v) is 2.36. The molecule has 0 aromatic rings. The van der Waals surface area contributed by atoms with Crippen molar-refractivity contribution < 1.29 is 10.2 Å². The van der Waals surface area contributed by atoms with E-state index in [1.807, 2.05) is 28.2 Å². The largest absolute Gasteiger partial charge is 0.392 e. The first-order valence-electron chi connectivity index (χ1n) is 6.14. The number of aliphatic hydroxyl groups is 2. The van der Waals surface area contributed by atoms with Crippen LogP contribution >= 0.6 is 23.2 Å². The van der Waals surface area contributed by atoms with Crippen LogP contribution in [-0.2, 0) is 0 Å². The first-order chi connectivity index (χ1) is 8.33. The van der Waals surface area contributed by atoms with Crippen LogP contribution in [-0.4, -0.2) is 84.3 Å². The predicted molar refractivity (Wildman–Crippen MR) is 77.6 cm³/mol. The van der Waals surface area contributed by atoms with Crippen LogP contribution in [0.5, 0.6) is 0 Å². The van der Waals surface area contributed by atoms with E-state index in [4.69, 9.17) is 23.2 Å². The minimum atomic E-state index is -0.533. The molecule has 4 atom stereocenters. The van der Waals surface area contributed by atoms with Crippen molar-refractivity contribution in [2.24, 2.45) is 0 Å². The molecule has 6 heteroatoms. The predicted octanol–water partition coefficient (Wildman–Crippen LogP) is 0.826. The van der Waals surface area contributed by atoms with Gasteiger partial charge in [-0.05, 0) is 41.0 Å². The van der Waals surface area contributed by atoms with Gasteiger partial charge in [-0.15, -0.1) is 23.2 Å². The van der Waals surface area contributed by atoms with Gasteiger partial charge < -0.3 is 20.0 Å². The van der Waals surface area contributed by atoms with Crippen LogP contribution in [0, 0.1) is 0 Å². The summed E-state index contributed by atoms with van der Waals surface area (Å²) < 4.78 is 0. The van der Waals surface area contributed by atoms with Crippen molar-refractivity contribution >= 4 is 23.2 Å². The summed E-state index contributed by atoms with van der Waals surface area (Å²) >= 11 is 11.3. The third kappa shape index (κ3) is 6.55. The third-order valence-corrected chi connectivity index (χ3v) is 3.87. The Morgan fingerprint density at radius 1 is 0.778 bits per heavy atom. The van der Waals surface area contributed by atoms with Crippen LogP contribution in [0.25, 0.3) is 0 Å². The van der Waals surface area contributed by atoms with E-state index in [0.29, 0.717) is 12.8 Å². The average Bonchev–Trinajstić information content (AvgIpc) is 2.31. The van der Waals surface area contributed by atoms with Gasteiger partial charge in [0.2, 0.25) is 0 Å². The monoisotopic (exact) mass is 300 g/mol. The van der Waals surface area contributed by atoms with Gasteiger partial charge >= 0.3 is 0 Å². The molecule has 0 fully saturated rings. The summed E-state index contributed by atoms with van der Waals surface area (Å²) in [4.78, 5) is 4.11. The summed E-state index contributed by atoms with van der Waals surface area (Å²) in [5.74, 6) is 0.450. The normalized spacial score (nSPS) is 19.0. The maximum absolute atomic E-state index is 9.73. The van der Waals surface area contributed by atoms with E-state index in [2.05, 4.69) is 9.80 Å². The molecule has 0 spiro atoms. The van der Waals surface area contributed by atoms with Gasteiger partial charge in [-0.3, -0.25) is 0 Å². The van der Waals surface area contributed by atoms with Crippen molar-refractivity contribution in [2.75, 3.05) is 40.0 Å². The van der Waals surface area contributed by atoms with E-state index in [1.165, 1.54) is 0 Å². The Bertz CT molecular complexity index is 196. The van der Waals surface area contributed by atoms with Crippen molar-refractivity contribution in [3.05, 3.63) is 0 Å². The van der Waals surface area contributed by atoms with E-state index < -0.39 is 12.2 Å². The molecule has 0 amide bonds. The van der Waals surface area contributed by atoms with Gasteiger partial charge in [-0.2, -0.15) is 0 Å². The minimum Gasteiger partial charge on any atom is -0.392 e. The molecule has 0 saturated carbocycles. The first kappa shape index (κ1) is 18.4. The third-order valence-electron chi connectivity index (χ3n) is 3.15. The van der Waals surface area contributed by atoms with Gasteiger partial charge in [0.15, 0.2) is 0 Å². The molecule has 0 heterocycles. The zero-order valence-corrected chi connectivity index (χ0v) is 13.2. The van der Waals surface area contributed by atoms with Gasteiger partial charge in [0.25, 0.3) is 0 Å². The summed E-state index contributed by atoms with van der Waals surface area (Å²) in [5, 5.41) is 19.5. The fourth-order valence-electron chi connectivity index (χ4n) is 2.11. The van der Waals surface area contributed by atoms with E-state index >= 15 is 0 Å². The lowest BCUT2D eigenvalue weighted by molar-refractivity contribution is 0.0599. The van der Waals surface area contributed by atoms with Crippen molar-refractivity contribution in [1.29, 1.82) is 0 Å². The maximum Gasteiger partial charge on any atom is 0.0691 e. The summed E-state index contributed by atoms with van der Waals surface area (Å²) in [5.41, 5.74) is 0. The van der Waals surface area contributed by atoms with Gasteiger partial charge in [0, 0.05) is 23.8 Å². The van der Waals surface area contributed by atoms with Gasteiger partial charge in [-0.1, -0.05) is 0 Å². The van der Waals surface area contributed by atoms with Crippen LogP contribution in [0.2, 0.25) is 0 Å². The van der Waals surface area contributed by atoms with Crippen LogP contribution in [0.4, 0.5) is 0 Å². The second-order valence-electron chi connectivity index (χ2n) is 5.15. The smallest absolute Gasteiger partial charge is 0.0691 e. The highest BCUT2D eigenvalue weighted by Crippen LogP contribution is 2.18. The molecule has 0 rings (SSSR count). The molecule has 4 unspecified atom stereocenters. The highest BCUT2D eigenvalue weighted by Gasteiger charge is 2.29. The molecule has 18 heavy (non-hydrogen) atoms.